The molecule has 0 aliphatic heterocycles. The Balaban J connectivity index is 1.46. The third kappa shape index (κ3) is 6.03. The minimum Gasteiger partial charge on any atom is -0.493 e. The van der Waals surface area contributed by atoms with E-state index in [4.69, 9.17) is 18.9 Å². The molecule has 0 aliphatic rings. The molecular formula is C30H28O6. The highest BCUT2D eigenvalue weighted by atomic mass is 16.5. The zero-order chi connectivity index (χ0) is 25.3. The van der Waals surface area contributed by atoms with E-state index < -0.39 is 11.9 Å². The van der Waals surface area contributed by atoms with E-state index in [0.29, 0.717) is 47.3 Å². The van der Waals surface area contributed by atoms with Gasteiger partial charge in [-0.1, -0.05) is 66.7 Å². The van der Waals surface area contributed by atoms with Crippen LogP contribution >= 0.6 is 0 Å². The lowest BCUT2D eigenvalue weighted by molar-refractivity contribution is 0.0746. The maximum absolute atomic E-state index is 13.1. The fourth-order valence-corrected chi connectivity index (χ4v) is 3.69. The average molecular weight is 485 g/mol. The molecule has 6 nitrogen and oxygen atoms in total. The summed E-state index contributed by atoms with van der Waals surface area (Å²) in [6.45, 7) is 0.738. The largest absolute Gasteiger partial charge is 0.493 e. The molecule has 4 aromatic carbocycles. The van der Waals surface area contributed by atoms with Crippen LogP contribution in [0.15, 0.2) is 97.1 Å². The summed E-state index contributed by atoms with van der Waals surface area (Å²) in [6.07, 6.45) is -1.39. The van der Waals surface area contributed by atoms with Crippen molar-refractivity contribution in [1.29, 1.82) is 0 Å². The third-order valence-corrected chi connectivity index (χ3v) is 5.67. The molecule has 0 fully saturated rings. The molecule has 0 spiro atoms. The molecule has 0 amide bonds. The van der Waals surface area contributed by atoms with E-state index in [2.05, 4.69) is 0 Å². The molecule has 4 rings (SSSR count). The lowest BCUT2D eigenvalue weighted by atomic mass is 9.99. The van der Waals surface area contributed by atoms with Gasteiger partial charge < -0.3 is 24.1 Å². The number of carbonyl (C=O) groups is 1. The van der Waals surface area contributed by atoms with Crippen molar-refractivity contribution >= 4 is 5.78 Å². The molecule has 36 heavy (non-hydrogen) atoms. The number of hydrogen-bond donors (Lipinski definition) is 1. The Morgan fingerprint density at radius 3 is 1.69 bits per heavy atom. The number of ketones is 1. The number of benzene rings is 4. The van der Waals surface area contributed by atoms with Crippen molar-refractivity contribution in [2.24, 2.45) is 0 Å². The highest BCUT2D eigenvalue weighted by molar-refractivity contribution is 6.00. The van der Waals surface area contributed by atoms with E-state index >= 15 is 0 Å². The van der Waals surface area contributed by atoms with Crippen molar-refractivity contribution in [3.05, 3.63) is 119 Å². The van der Waals surface area contributed by atoms with Gasteiger partial charge in [0.1, 0.15) is 19.3 Å². The Morgan fingerprint density at radius 2 is 1.17 bits per heavy atom. The summed E-state index contributed by atoms with van der Waals surface area (Å²) in [6, 6.07) is 29.3. The molecular weight excluding hydrogens is 456 g/mol. The number of carbonyl (C=O) groups excluding carboxylic acids is 1. The van der Waals surface area contributed by atoms with Gasteiger partial charge in [-0.25, -0.2) is 0 Å². The molecule has 0 radical (unpaired) electrons. The SMILES string of the molecule is COc1cc(C(=O)C(O)c2ccc(OCc3ccccc3)c(OC)c2)ccc1OCc1ccccc1. The van der Waals surface area contributed by atoms with Gasteiger partial charge in [-0.05, 0) is 47.0 Å². The molecule has 4 aromatic rings. The first-order valence-corrected chi connectivity index (χ1v) is 11.5. The van der Waals surface area contributed by atoms with Crippen molar-refractivity contribution in [3.8, 4) is 23.0 Å². The van der Waals surface area contributed by atoms with Crippen LogP contribution in [0.2, 0.25) is 0 Å². The van der Waals surface area contributed by atoms with E-state index in [1.807, 2.05) is 60.7 Å². The van der Waals surface area contributed by atoms with Crippen LogP contribution in [0.25, 0.3) is 0 Å². The number of ether oxygens (including phenoxy) is 4. The molecule has 184 valence electrons. The summed E-state index contributed by atoms with van der Waals surface area (Å²) in [7, 11) is 3.02. The second kappa shape index (κ2) is 11.9. The quantitative estimate of drug-likeness (QED) is 0.272. The van der Waals surface area contributed by atoms with Crippen molar-refractivity contribution in [2.75, 3.05) is 14.2 Å². The summed E-state index contributed by atoms with van der Waals surface area (Å²) < 4.78 is 22.6. The summed E-state index contributed by atoms with van der Waals surface area (Å²) in [5.74, 6) is 1.40. The minimum absolute atomic E-state index is 0.301. The summed E-state index contributed by atoms with van der Waals surface area (Å²) >= 11 is 0. The smallest absolute Gasteiger partial charge is 0.195 e. The Bertz CT molecular complexity index is 1290. The monoisotopic (exact) mass is 484 g/mol. The number of rotatable bonds is 11. The van der Waals surface area contributed by atoms with E-state index in [-0.39, 0.29) is 0 Å². The van der Waals surface area contributed by atoms with Gasteiger partial charge in [-0.3, -0.25) is 4.79 Å². The fourth-order valence-electron chi connectivity index (χ4n) is 3.69. The van der Waals surface area contributed by atoms with Gasteiger partial charge in [0.25, 0.3) is 0 Å². The van der Waals surface area contributed by atoms with Gasteiger partial charge in [0.2, 0.25) is 0 Å². The molecule has 0 saturated heterocycles. The van der Waals surface area contributed by atoms with Gasteiger partial charge in [0.15, 0.2) is 28.8 Å². The first-order chi connectivity index (χ1) is 17.6. The van der Waals surface area contributed by atoms with E-state index in [9.17, 15) is 9.90 Å². The van der Waals surface area contributed by atoms with Crippen LogP contribution in [0.1, 0.15) is 33.2 Å². The molecule has 0 bridgehead atoms. The second-order valence-corrected chi connectivity index (χ2v) is 8.09. The maximum atomic E-state index is 13.1. The number of methoxy groups -OCH3 is 2. The first-order valence-electron chi connectivity index (χ1n) is 11.5. The van der Waals surface area contributed by atoms with Crippen molar-refractivity contribution in [2.45, 2.75) is 19.3 Å². The van der Waals surface area contributed by atoms with Gasteiger partial charge >= 0.3 is 0 Å². The van der Waals surface area contributed by atoms with Crippen LogP contribution in [0, 0.1) is 0 Å². The number of aliphatic hydroxyl groups excluding tert-OH is 1. The topological polar surface area (TPSA) is 74.2 Å². The lowest BCUT2D eigenvalue weighted by Gasteiger charge is -2.16. The number of hydrogen-bond acceptors (Lipinski definition) is 6. The van der Waals surface area contributed by atoms with Crippen LogP contribution in [0.4, 0.5) is 0 Å². The third-order valence-electron chi connectivity index (χ3n) is 5.67. The molecule has 0 heterocycles. The van der Waals surface area contributed by atoms with E-state index in [1.165, 1.54) is 14.2 Å². The highest BCUT2D eigenvalue weighted by Gasteiger charge is 2.22. The van der Waals surface area contributed by atoms with Crippen molar-refractivity contribution in [3.63, 3.8) is 0 Å². The molecule has 1 unspecified atom stereocenters. The Kier molecular flexibility index (Phi) is 8.21. The van der Waals surface area contributed by atoms with Gasteiger partial charge in [-0.15, -0.1) is 0 Å². The molecule has 0 aliphatic carbocycles. The maximum Gasteiger partial charge on any atom is 0.195 e. The van der Waals surface area contributed by atoms with Crippen LogP contribution in [-0.2, 0) is 13.2 Å². The summed E-state index contributed by atoms with van der Waals surface area (Å²) in [5, 5.41) is 10.8. The van der Waals surface area contributed by atoms with Crippen LogP contribution in [0.5, 0.6) is 23.0 Å². The molecule has 1 atom stereocenters. The second-order valence-electron chi connectivity index (χ2n) is 8.09. The predicted molar refractivity (Wildman–Crippen MR) is 137 cm³/mol. The summed E-state index contributed by atoms with van der Waals surface area (Å²) in [5.41, 5.74) is 2.73. The fraction of sp³-hybridized carbons (Fsp3) is 0.167. The zero-order valence-corrected chi connectivity index (χ0v) is 20.2. The Labute approximate surface area is 210 Å². The molecule has 0 aromatic heterocycles. The van der Waals surface area contributed by atoms with E-state index in [1.54, 1.807) is 36.4 Å². The first kappa shape index (κ1) is 24.8. The number of aliphatic hydroxyl groups is 1. The van der Waals surface area contributed by atoms with Crippen LogP contribution in [-0.4, -0.2) is 25.1 Å². The normalized spacial score (nSPS) is 11.4. The Hall–Kier alpha value is -4.29. The number of Topliss-reactive ketones (excluding diaryl/α,β-unsaturated/α-hetero) is 1. The summed E-state index contributed by atoms with van der Waals surface area (Å²) in [4.78, 5) is 13.1. The van der Waals surface area contributed by atoms with Gasteiger partial charge in [-0.2, -0.15) is 0 Å². The van der Waals surface area contributed by atoms with Crippen LogP contribution < -0.4 is 18.9 Å². The van der Waals surface area contributed by atoms with Gasteiger partial charge in [0.05, 0.1) is 14.2 Å². The lowest BCUT2D eigenvalue weighted by Crippen LogP contribution is -2.13. The zero-order valence-electron chi connectivity index (χ0n) is 20.2. The molecule has 6 heteroatoms. The molecule has 0 saturated carbocycles. The van der Waals surface area contributed by atoms with Crippen molar-refractivity contribution in [1.82, 2.24) is 0 Å². The van der Waals surface area contributed by atoms with Crippen LogP contribution in [0.3, 0.4) is 0 Å². The van der Waals surface area contributed by atoms with Gasteiger partial charge in [0, 0.05) is 5.56 Å². The highest BCUT2D eigenvalue weighted by Crippen LogP contribution is 2.34. The minimum atomic E-state index is -1.39. The van der Waals surface area contributed by atoms with E-state index in [0.717, 1.165) is 11.1 Å². The standard InChI is InChI=1S/C30H28O6/c1-33-27-17-23(13-15-25(27)35-19-21-9-5-3-6-10-21)29(31)30(32)24-14-16-26(28(18-24)34-2)36-20-22-11-7-4-8-12-22/h3-18,29,31H,19-20H2,1-2H3. The predicted octanol–water partition coefficient (Wildman–Crippen LogP) is 5.78. The van der Waals surface area contributed by atoms with Crippen molar-refractivity contribution < 1.29 is 28.8 Å². The average Bonchev–Trinajstić information content (AvgIpc) is 2.95. The Morgan fingerprint density at radius 1 is 0.667 bits per heavy atom. The molecule has 1 N–H and O–H groups in total.